The minimum atomic E-state index is 0.127. The summed E-state index contributed by atoms with van der Waals surface area (Å²) >= 11 is 0. The molecule has 1 aromatic heterocycles. The predicted octanol–water partition coefficient (Wildman–Crippen LogP) is 1.16. The van der Waals surface area contributed by atoms with Crippen molar-refractivity contribution in [1.29, 1.82) is 0 Å². The van der Waals surface area contributed by atoms with Crippen LogP contribution < -0.4 is 16.2 Å². The van der Waals surface area contributed by atoms with Gasteiger partial charge in [0, 0.05) is 24.1 Å². The molecule has 4 N–H and O–H groups in total. The summed E-state index contributed by atoms with van der Waals surface area (Å²) in [4.78, 5) is 11.3. The van der Waals surface area contributed by atoms with Crippen molar-refractivity contribution >= 4 is 11.6 Å². The summed E-state index contributed by atoms with van der Waals surface area (Å²) in [5.74, 6) is 8.11. The van der Waals surface area contributed by atoms with Crippen LogP contribution in [0.15, 0.2) is 0 Å². The maximum atomic E-state index is 9.25. The molecule has 1 saturated carbocycles. The topological polar surface area (TPSA) is 87.3 Å². The lowest BCUT2D eigenvalue weighted by molar-refractivity contribution is 0.301. The number of aromatic nitrogens is 2. The first-order valence-corrected chi connectivity index (χ1v) is 6.81. The molecule has 0 radical (unpaired) electrons. The summed E-state index contributed by atoms with van der Waals surface area (Å²) < 4.78 is 0. The average molecular weight is 265 g/mol. The number of nitrogens with zero attached hydrogens (tertiary/aromatic N) is 3. The van der Waals surface area contributed by atoms with Gasteiger partial charge in [0.15, 0.2) is 0 Å². The molecule has 0 spiro atoms. The number of aliphatic hydroxyl groups excluding tert-OH is 1. The Bertz CT molecular complexity index is 445. The van der Waals surface area contributed by atoms with Gasteiger partial charge in [0.25, 0.3) is 0 Å². The quantitative estimate of drug-likeness (QED) is 0.528. The zero-order valence-corrected chi connectivity index (χ0v) is 11.8. The number of nitrogen functional groups attached to an aromatic ring is 1. The summed E-state index contributed by atoms with van der Waals surface area (Å²) in [5, 5.41) is 9.25. The number of nitrogens with one attached hydrogen (secondary N) is 1. The van der Waals surface area contributed by atoms with Gasteiger partial charge in [-0.3, -0.25) is 0 Å². The van der Waals surface area contributed by atoms with Crippen LogP contribution in [-0.4, -0.2) is 34.3 Å². The van der Waals surface area contributed by atoms with Crippen LogP contribution in [0.1, 0.15) is 44.0 Å². The molecule has 0 unspecified atom stereocenters. The van der Waals surface area contributed by atoms with Gasteiger partial charge in [-0.1, -0.05) is 13.8 Å². The fourth-order valence-corrected chi connectivity index (χ4v) is 2.16. The van der Waals surface area contributed by atoms with E-state index in [0.29, 0.717) is 18.4 Å². The lowest BCUT2D eigenvalue weighted by Crippen LogP contribution is -2.31. The van der Waals surface area contributed by atoms with Gasteiger partial charge in [0.1, 0.15) is 17.5 Å². The number of hydrazine groups is 1. The molecule has 0 aromatic carbocycles. The van der Waals surface area contributed by atoms with Gasteiger partial charge in [-0.25, -0.2) is 15.8 Å². The smallest absolute Gasteiger partial charge is 0.148 e. The van der Waals surface area contributed by atoms with Gasteiger partial charge in [0.05, 0.1) is 6.61 Å². The summed E-state index contributed by atoms with van der Waals surface area (Å²) in [6.07, 6.45) is 2.32. The van der Waals surface area contributed by atoms with E-state index in [1.807, 2.05) is 6.92 Å². The standard InChI is InChI=1S/C13H23N5O/c1-8(2)11-15-12(17-14)9(3)13(16-11)18(6-7-19)10-4-5-10/h8,10,19H,4-7,14H2,1-3H3,(H,15,16,17). The molecule has 1 aliphatic rings. The van der Waals surface area contributed by atoms with Crippen LogP contribution in [0.5, 0.6) is 0 Å². The van der Waals surface area contributed by atoms with Gasteiger partial charge in [0.2, 0.25) is 0 Å². The Morgan fingerprint density at radius 1 is 1.42 bits per heavy atom. The van der Waals surface area contributed by atoms with Crippen molar-refractivity contribution in [3.05, 3.63) is 11.4 Å². The summed E-state index contributed by atoms with van der Waals surface area (Å²) in [7, 11) is 0. The Morgan fingerprint density at radius 3 is 2.58 bits per heavy atom. The molecule has 6 heteroatoms. The van der Waals surface area contributed by atoms with E-state index in [1.165, 1.54) is 0 Å². The van der Waals surface area contributed by atoms with E-state index in [-0.39, 0.29) is 12.5 Å². The first-order valence-electron chi connectivity index (χ1n) is 6.81. The van der Waals surface area contributed by atoms with Crippen LogP contribution in [0.2, 0.25) is 0 Å². The number of aliphatic hydroxyl groups is 1. The third-order valence-corrected chi connectivity index (χ3v) is 3.39. The maximum absolute atomic E-state index is 9.25. The molecule has 0 amide bonds. The Kier molecular flexibility index (Phi) is 4.21. The minimum absolute atomic E-state index is 0.127. The van der Waals surface area contributed by atoms with E-state index in [0.717, 1.165) is 30.0 Å². The Labute approximate surface area is 114 Å². The fraction of sp³-hybridized carbons (Fsp3) is 0.692. The highest BCUT2D eigenvalue weighted by atomic mass is 16.3. The lowest BCUT2D eigenvalue weighted by Gasteiger charge is -2.26. The fourth-order valence-electron chi connectivity index (χ4n) is 2.16. The van der Waals surface area contributed by atoms with E-state index in [1.54, 1.807) is 0 Å². The highest BCUT2D eigenvalue weighted by Gasteiger charge is 2.31. The molecule has 1 heterocycles. The van der Waals surface area contributed by atoms with Crippen LogP contribution >= 0.6 is 0 Å². The van der Waals surface area contributed by atoms with Crippen LogP contribution in [0.3, 0.4) is 0 Å². The molecule has 0 bridgehead atoms. The summed E-state index contributed by atoms with van der Waals surface area (Å²) in [6, 6.07) is 0.492. The highest BCUT2D eigenvalue weighted by molar-refractivity contribution is 5.59. The first-order chi connectivity index (χ1) is 9.08. The van der Waals surface area contributed by atoms with Gasteiger partial charge < -0.3 is 15.4 Å². The number of anilines is 2. The van der Waals surface area contributed by atoms with Gasteiger partial charge in [-0.15, -0.1) is 0 Å². The van der Waals surface area contributed by atoms with Crippen LogP contribution in [0, 0.1) is 6.92 Å². The second-order valence-corrected chi connectivity index (χ2v) is 5.33. The average Bonchev–Trinajstić information content (AvgIpc) is 3.20. The summed E-state index contributed by atoms with van der Waals surface area (Å²) in [6.45, 7) is 6.80. The molecule has 0 atom stereocenters. The van der Waals surface area contributed by atoms with Crippen molar-refractivity contribution < 1.29 is 5.11 Å². The van der Waals surface area contributed by atoms with E-state index in [2.05, 4.69) is 34.1 Å². The second kappa shape index (κ2) is 5.71. The van der Waals surface area contributed by atoms with E-state index in [4.69, 9.17) is 5.84 Å². The first kappa shape index (κ1) is 14.0. The van der Waals surface area contributed by atoms with Crippen LogP contribution in [-0.2, 0) is 0 Å². The monoisotopic (exact) mass is 265 g/mol. The SMILES string of the molecule is Cc1c(NN)nc(C(C)C)nc1N(CCO)C1CC1. The molecule has 0 aliphatic heterocycles. The Morgan fingerprint density at radius 2 is 2.11 bits per heavy atom. The Balaban J connectivity index is 2.43. The van der Waals surface area contributed by atoms with E-state index in [9.17, 15) is 5.11 Å². The van der Waals surface area contributed by atoms with Gasteiger partial charge in [-0.05, 0) is 19.8 Å². The number of nitrogens with two attached hydrogens (primary N) is 1. The maximum Gasteiger partial charge on any atom is 0.148 e. The molecule has 2 rings (SSSR count). The third kappa shape index (κ3) is 2.96. The molecular weight excluding hydrogens is 242 g/mol. The van der Waals surface area contributed by atoms with Crippen molar-refractivity contribution in [2.75, 3.05) is 23.5 Å². The molecule has 1 fully saturated rings. The Hall–Kier alpha value is -1.40. The van der Waals surface area contributed by atoms with Gasteiger partial charge >= 0.3 is 0 Å². The zero-order valence-electron chi connectivity index (χ0n) is 11.8. The second-order valence-electron chi connectivity index (χ2n) is 5.33. The minimum Gasteiger partial charge on any atom is -0.395 e. The van der Waals surface area contributed by atoms with Crippen LogP contribution in [0.4, 0.5) is 11.6 Å². The van der Waals surface area contributed by atoms with Crippen LogP contribution in [0.25, 0.3) is 0 Å². The predicted molar refractivity (Wildman–Crippen MR) is 76.1 cm³/mol. The normalized spacial score (nSPS) is 14.8. The largest absolute Gasteiger partial charge is 0.395 e. The molecule has 19 heavy (non-hydrogen) atoms. The van der Waals surface area contributed by atoms with Crippen molar-refractivity contribution in [1.82, 2.24) is 9.97 Å². The molecule has 106 valence electrons. The third-order valence-electron chi connectivity index (χ3n) is 3.39. The molecule has 1 aliphatic carbocycles. The summed E-state index contributed by atoms with van der Waals surface area (Å²) in [5.41, 5.74) is 3.58. The molecule has 1 aromatic rings. The lowest BCUT2D eigenvalue weighted by atomic mass is 10.2. The van der Waals surface area contributed by atoms with E-state index < -0.39 is 0 Å². The molecule has 6 nitrogen and oxygen atoms in total. The van der Waals surface area contributed by atoms with Gasteiger partial charge in [-0.2, -0.15) is 0 Å². The molecular formula is C13H23N5O. The van der Waals surface area contributed by atoms with Crippen molar-refractivity contribution in [3.63, 3.8) is 0 Å². The van der Waals surface area contributed by atoms with E-state index >= 15 is 0 Å². The number of rotatable bonds is 6. The number of hydrogen-bond donors (Lipinski definition) is 3. The molecule has 0 saturated heterocycles. The highest BCUT2D eigenvalue weighted by Crippen LogP contribution is 2.34. The zero-order chi connectivity index (χ0) is 14.0. The van der Waals surface area contributed by atoms with Crippen molar-refractivity contribution in [2.24, 2.45) is 5.84 Å². The van der Waals surface area contributed by atoms with Crippen molar-refractivity contribution in [3.8, 4) is 0 Å². The van der Waals surface area contributed by atoms with Crippen molar-refractivity contribution in [2.45, 2.75) is 45.6 Å². The number of hydrogen-bond acceptors (Lipinski definition) is 6.